The van der Waals surface area contributed by atoms with Crippen LogP contribution in [0.5, 0.6) is 5.75 Å². The SMILES string of the molecule is CCCOc1ccc(/C=C/c2nc3s/c(=C\c4cn(-c5ccccc5)nc4-c4ccc(F)cc4)c(=O)n3n2)cc1. The summed E-state index contributed by atoms with van der Waals surface area (Å²) in [6.45, 7) is 2.75. The molecule has 0 aliphatic rings. The summed E-state index contributed by atoms with van der Waals surface area (Å²) in [6, 6.07) is 23.6. The fraction of sp³-hybridized carbons (Fsp3) is 0.0968. The van der Waals surface area contributed by atoms with Gasteiger partial charge in [0.25, 0.3) is 5.56 Å². The number of rotatable bonds is 8. The van der Waals surface area contributed by atoms with Gasteiger partial charge in [-0.3, -0.25) is 4.79 Å². The number of para-hydroxylation sites is 1. The number of hydrogen-bond acceptors (Lipinski definition) is 6. The molecule has 0 spiro atoms. The summed E-state index contributed by atoms with van der Waals surface area (Å²) in [6.07, 6.45) is 8.27. The lowest BCUT2D eigenvalue weighted by Gasteiger charge is -2.03. The summed E-state index contributed by atoms with van der Waals surface area (Å²) in [5.74, 6) is 0.952. The number of halogens is 1. The largest absolute Gasteiger partial charge is 0.494 e. The first-order valence-corrected chi connectivity index (χ1v) is 13.6. The third-order valence-electron chi connectivity index (χ3n) is 6.14. The molecule has 40 heavy (non-hydrogen) atoms. The van der Waals surface area contributed by atoms with Gasteiger partial charge in [-0.05, 0) is 72.7 Å². The van der Waals surface area contributed by atoms with Gasteiger partial charge in [0, 0.05) is 17.3 Å². The van der Waals surface area contributed by atoms with Gasteiger partial charge in [0.2, 0.25) is 4.96 Å². The van der Waals surface area contributed by atoms with E-state index in [0.717, 1.165) is 34.5 Å². The van der Waals surface area contributed by atoms with Crippen molar-refractivity contribution >= 4 is 34.5 Å². The first kappa shape index (κ1) is 25.4. The van der Waals surface area contributed by atoms with E-state index in [1.165, 1.54) is 28.0 Å². The van der Waals surface area contributed by atoms with Crippen LogP contribution in [0.1, 0.15) is 30.3 Å². The van der Waals surface area contributed by atoms with Gasteiger partial charge < -0.3 is 4.74 Å². The number of ether oxygens (including phenoxy) is 1. The highest BCUT2D eigenvalue weighted by atomic mass is 32.1. The van der Waals surface area contributed by atoms with Crippen molar-refractivity contribution in [3.63, 3.8) is 0 Å². The van der Waals surface area contributed by atoms with Crippen molar-refractivity contribution in [3.8, 4) is 22.7 Å². The molecule has 0 bridgehead atoms. The zero-order valence-corrected chi connectivity index (χ0v) is 22.4. The van der Waals surface area contributed by atoms with E-state index in [1.54, 1.807) is 29.0 Å². The van der Waals surface area contributed by atoms with E-state index in [2.05, 4.69) is 17.0 Å². The predicted octanol–water partition coefficient (Wildman–Crippen LogP) is 5.65. The quantitative estimate of drug-likeness (QED) is 0.245. The number of nitrogens with zero attached hydrogens (tertiary/aromatic N) is 5. The van der Waals surface area contributed by atoms with Crippen LogP contribution < -0.4 is 14.8 Å². The Hall–Kier alpha value is -4.89. The lowest BCUT2D eigenvalue weighted by Crippen LogP contribution is -2.23. The topological polar surface area (TPSA) is 74.3 Å². The molecule has 0 fully saturated rings. The van der Waals surface area contributed by atoms with Gasteiger partial charge >= 0.3 is 0 Å². The van der Waals surface area contributed by atoms with Crippen LogP contribution in [0, 0.1) is 5.82 Å². The van der Waals surface area contributed by atoms with Crippen molar-refractivity contribution in [3.05, 3.63) is 123 Å². The fourth-order valence-corrected chi connectivity index (χ4v) is 5.07. The van der Waals surface area contributed by atoms with E-state index in [0.29, 0.717) is 27.6 Å². The average molecular weight is 550 g/mol. The zero-order chi connectivity index (χ0) is 27.5. The van der Waals surface area contributed by atoms with Gasteiger partial charge in [-0.2, -0.15) is 14.6 Å². The molecule has 0 saturated heterocycles. The molecule has 6 aromatic rings. The van der Waals surface area contributed by atoms with Crippen molar-refractivity contribution in [2.24, 2.45) is 0 Å². The highest BCUT2D eigenvalue weighted by Gasteiger charge is 2.14. The van der Waals surface area contributed by atoms with Crippen molar-refractivity contribution in [1.29, 1.82) is 0 Å². The van der Waals surface area contributed by atoms with E-state index in [9.17, 15) is 9.18 Å². The summed E-state index contributed by atoms with van der Waals surface area (Å²) >= 11 is 1.26. The maximum absolute atomic E-state index is 13.6. The Balaban J connectivity index is 1.33. The first-order chi connectivity index (χ1) is 19.6. The molecule has 0 radical (unpaired) electrons. The average Bonchev–Trinajstić information content (AvgIpc) is 3.67. The minimum atomic E-state index is -0.327. The van der Waals surface area contributed by atoms with Crippen molar-refractivity contribution in [2.45, 2.75) is 13.3 Å². The number of aromatic nitrogens is 5. The third kappa shape index (κ3) is 5.32. The molecular formula is C31H24FN5O2S. The first-order valence-electron chi connectivity index (χ1n) is 12.8. The van der Waals surface area contributed by atoms with Crippen molar-refractivity contribution < 1.29 is 9.13 Å². The van der Waals surface area contributed by atoms with Crippen LogP contribution in [-0.2, 0) is 0 Å². The molecule has 0 N–H and O–H groups in total. The smallest absolute Gasteiger partial charge is 0.291 e. The predicted molar refractivity (Wildman–Crippen MR) is 156 cm³/mol. The summed E-state index contributed by atoms with van der Waals surface area (Å²) in [7, 11) is 0. The van der Waals surface area contributed by atoms with Crippen molar-refractivity contribution in [1.82, 2.24) is 24.4 Å². The van der Waals surface area contributed by atoms with Crippen molar-refractivity contribution in [2.75, 3.05) is 6.61 Å². The summed E-state index contributed by atoms with van der Waals surface area (Å²) in [4.78, 5) is 18.3. The molecule has 0 atom stereocenters. The van der Waals surface area contributed by atoms with Crippen LogP contribution in [0.25, 0.3) is 40.1 Å². The Morgan fingerprint density at radius 1 is 0.950 bits per heavy atom. The van der Waals surface area contributed by atoms with E-state index < -0.39 is 0 Å². The second-order valence-corrected chi connectivity index (χ2v) is 10.1. The summed E-state index contributed by atoms with van der Waals surface area (Å²) in [5, 5.41) is 9.15. The van der Waals surface area contributed by atoms with Gasteiger partial charge in [-0.15, -0.1) is 5.10 Å². The van der Waals surface area contributed by atoms with Crippen LogP contribution in [0.3, 0.4) is 0 Å². The summed E-state index contributed by atoms with van der Waals surface area (Å²) < 4.78 is 22.8. The Morgan fingerprint density at radius 3 is 2.45 bits per heavy atom. The van der Waals surface area contributed by atoms with E-state index >= 15 is 0 Å². The van der Waals surface area contributed by atoms with Gasteiger partial charge in [0.05, 0.1) is 16.8 Å². The number of thiazole rings is 1. The number of fused-ring (bicyclic) bond motifs is 1. The van der Waals surface area contributed by atoms with Gasteiger partial charge in [0.15, 0.2) is 5.82 Å². The number of benzene rings is 3. The second kappa shape index (κ2) is 11.1. The second-order valence-electron chi connectivity index (χ2n) is 9.05. The van der Waals surface area contributed by atoms with Gasteiger partial charge in [-0.25, -0.2) is 9.07 Å². The number of hydrogen-bond donors (Lipinski definition) is 0. The molecule has 3 heterocycles. The van der Waals surface area contributed by atoms with E-state index in [1.807, 2.05) is 66.9 Å². The fourth-order valence-electron chi connectivity index (χ4n) is 4.16. The Bertz CT molecular complexity index is 1910. The molecular weight excluding hydrogens is 525 g/mol. The summed E-state index contributed by atoms with van der Waals surface area (Å²) in [5.41, 5.74) is 3.69. The molecule has 3 aromatic heterocycles. The molecule has 7 nitrogen and oxygen atoms in total. The van der Waals surface area contributed by atoms with Crippen LogP contribution in [0.15, 0.2) is 89.9 Å². The Morgan fingerprint density at radius 2 is 1.73 bits per heavy atom. The molecule has 0 aliphatic heterocycles. The molecule has 6 rings (SSSR count). The molecule has 0 unspecified atom stereocenters. The van der Waals surface area contributed by atoms with E-state index in [4.69, 9.17) is 9.84 Å². The Labute approximate surface area is 233 Å². The molecule has 3 aromatic carbocycles. The van der Waals surface area contributed by atoms with Crippen LogP contribution in [-0.4, -0.2) is 31.0 Å². The molecule has 9 heteroatoms. The van der Waals surface area contributed by atoms with Crippen LogP contribution >= 0.6 is 11.3 Å². The van der Waals surface area contributed by atoms with Gasteiger partial charge in [0.1, 0.15) is 17.3 Å². The molecule has 198 valence electrons. The van der Waals surface area contributed by atoms with Crippen LogP contribution in [0.4, 0.5) is 4.39 Å². The standard InChI is InChI=1S/C31H24FN5O2S/c1-2-18-39-26-15-8-21(9-16-26)10-17-28-33-31-37(34-28)30(38)27(40-31)19-23-20-36(25-6-4-3-5-7-25)35-29(23)22-11-13-24(32)14-12-22/h3-17,19-20H,2,18H2,1H3/b17-10+,27-19-. The molecule has 0 amide bonds. The van der Waals surface area contributed by atoms with Crippen LogP contribution in [0.2, 0.25) is 0 Å². The zero-order valence-electron chi connectivity index (χ0n) is 21.6. The lowest BCUT2D eigenvalue weighted by molar-refractivity contribution is 0.317. The van der Waals surface area contributed by atoms with E-state index in [-0.39, 0.29) is 11.4 Å². The minimum absolute atomic E-state index is 0.262. The molecule has 0 aliphatic carbocycles. The maximum Gasteiger partial charge on any atom is 0.291 e. The normalized spacial score (nSPS) is 12.1. The highest BCUT2D eigenvalue weighted by molar-refractivity contribution is 7.15. The third-order valence-corrected chi connectivity index (χ3v) is 7.10. The highest BCUT2D eigenvalue weighted by Crippen LogP contribution is 2.25. The monoisotopic (exact) mass is 549 g/mol. The lowest BCUT2D eigenvalue weighted by atomic mass is 10.1. The minimum Gasteiger partial charge on any atom is -0.494 e. The molecule has 0 saturated carbocycles. The Kier molecular flexibility index (Phi) is 7.03. The van der Waals surface area contributed by atoms with Gasteiger partial charge in [-0.1, -0.05) is 54.7 Å². The maximum atomic E-state index is 13.6.